The van der Waals surface area contributed by atoms with E-state index in [1.54, 1.807) is 6.07 Å². The molecule has 2 aromatic rings. The largest absolute Gasteiger partial charge is 0.494 e. The zero-order chi connectivity index (χ0) is 17.7. The van der Waals surface area contributed by atoms with Crippen LogP contribution in [0.15, 0.2) is 36.4 Å². The Kier molecular flexibility index (Phi) is 9.26. The number of hydrogen-bond acceptors (Lipinski definition) is 2. The molecule has 0 heterocycles. The molecule has 0 aliphatic rings. The summed E-state index contributed by atoms with van der Waals surface area (Å²) in [5, 5.41) is 1.56. The summed E-state index contributed by atoms with van der Waals surface area (Å²) in [4.78, 5) is 12.6. The standard InChI is InChI=1S/C20H24ClO2P.Li/c1-13(2)10-11-23-16-8-9-18(15(4)12-16)24-20(22)19-14(3)6-5-7-17(19)21;/h5-9,12-13,24H,10-11H2,1-4H3;. The van der Waals surface area contributed by atoms with Gasteiger partial charge in [0, 0.05) is 24.4 Å². The molecule has 1 atom stereocenters. The number of halogens is 1. The Balaban J connectivity index is 0.00000312. The third kappa shape index (κ3) is 6.47. The molecule has 0 amide bonds. The van der Waals surface area contributed by atoms with Gasteiger partial charge >= 0.3 is 0 Å². The van der Waals surface area contributed by atoms with E-state index in [4.69, 9.17) is 16.3 Å². The van der Waals surface area contributed by atoms with Gasteiger partial charge in [0.05, 0.1) is 11.6 Å². The second-order valence-electron chi connectivity index (χ2n) is 6.39. The van der Waals surface area contributed by atoms with Crippen LogP contribution < -0.4 is 10.0 Å². The number of carbonyl (C=O) groups excluding carboxylic acids is 1. The van der Waals surface area contributed by atoms with E-state index in [0.717, 1.165) is 35.2 Å². The van der Waals surface area contributed by atoms with Crippen molar-refractivity contribution in [3.05, 3.63) is 58.1 Å². The summed E-state index contributed by atoms with van der Waals surface area (Å²) in [5.41, 5.74) is 2.71. The molecule has 1 unspecified atom stereocenters. The molecular weight excluding hydrogens is 346 g/mol. The Bertz CT molecular complexity index is 711. The molecule has 129 valence electrons. The molecule has 0 N–H and O–H groups in total. The average Bonchev–Trinajstić information content (AvgIpc) is 2.49. The van der Waals surface area contributed by atoms with Crippen LogP contribution in [0.5, 0.6) is 5.75 Å². The van der Waals surface area contributed by atoms with Crippen molar-refractivity contribution in [1.29, 1.82) is 0 Å². The first-order chi connectivity index (χ1) is 11.4. The molecule has 0 aromatic heterocycles. The number of rotatable bonds is 7. The topological polar surface area (TPSA) is 26.3 Å². The Hall–Kier alpha value is -0.773. The van der Waals surface area contributed by atoms with E-state index in [0.29, 0.717) is 16.5 Å². The van der Waals surface area contributed by atoms with Gasteiger partial charge in [-0.3, -0.25) is 4.79 Å². The van der Waals surface area contributed by atoms with E-state index in [1.165, 1.54) is 0 Å². The maximum atomic E-state index is 12.6. The molecule has 1 radical (unpaired) electrons. The van der Waals surface area contributed by atoms with Crippen molar-refractivity contribution in [2.75, 3.05) is 6.61 Å². The van der Waals surface area contributed by atoms with Crippen LogP contribution in [-0.4, -0.2) is 31.0 Å². The number of benzene rings is 2. The second kappa shape index (κ2) is 10.4. The van der Waals surface area contributed by atoms with E-state index in [1.807, 2.05) is 44.2 Å². The maximum absolute atomic E-state index is 12.6. The zero-order valence-electron chi connectivity index (χ0n) is 15.7. The van der Waals surface area contributed by atoms with Gasteiger partial charge in [0.25, 0.3) is 0 Å². The molecule has 0 spiro atoms. The van der Waals surface area contributed by atoms with E-state index in [2.05, 4.69) is 13.8 Å². The van der Waals surface area contributed by atoms with Crippen LogP contribution in [0.3, 0.4) is 0 Å². The van der Waals surface area contributed by atoms with Crippen LogP contribution in [0.4, 0.5) is 0 Å². The summed E-state index contributed by atoms with van der Waals surface area (Å²) in [5.74, 6) is 1.49. The molecule has 0 aliphatic carbocycles. The van der Waals surface area contributed by atoms with E-state index < -0.39 is 0 Å². The van der Waals surface area contributed by atoms with Gasteiger partial charge in [-0.1, -0.05) is 43.6 Å². The van der Waals surface area contributed by atoms with Crippen molar-refractivity contribution < 1.29 is 9.53 Å². The van der Waals surface area contributed by atoms with Gasteiger partial charge in [0.2, 0.25) is 0 Å². The van der Waals surface area contributed by atoms with Crippen LogP contribution >= 0.6 is 20.2 Å². The van der Waals surface area contributed by atoms with Gasteiger partial charge in [-0.15, -0.1) is 0 Å². The molecule has 5 heteroatoms. The third-order valence-electron chi connectivity index (χ3n) is 3.86. The molecule has 25 heavy (non-hydrogen) atoms. The molecule has 0 bridgehead atoms. The fourth-order valence-electron chi connectivity index (χ4n) is 2.38. The van der Waals surface area contributed by atoms with Crippen LogP contribution in [0.1, 0.15) is 41.8 Å². The van der Waals surface area contributed by atoms with Gasteiger partial charge in [-0.25, -0.2) is 0 Å². The average molecular weight is 370 g/mol. The number of ether oxygens (including phenoxy) is 1. The summed E-state index contributed by atoms with van der Waals surface area (Å²) in [6.07, 6.45) is 1.03. The van der Waals surface area contributed by atoms with Crippen molar-refractivity contribution in [3.8, 4) is 5.75 Å². The number of carbonyl (C=O) groups is 1. The first-order valence-electron chi connectivity index (χ1n) is 8.18. The predicted molar refractivity (Wildman–Crippen MR) is 110 cm³/mol. The first kappa shape index (κ1) is 22.3. The summed E-state index contributed by atoms with van der Waals surface area (Å²) >= 11 is 6.20. The Labute approximate surface area is 169 Å². The molecule has 0 saturated heterocycles. The monoisotopic (exact) mass is 369 g/mol. The molecule has 0 saturated carbocycles. The van der Waals surface area contributed by atoms with Crippen LogP contribution in [0.2, 0.25) is 5.02 Å². The van der Waals surface area contributed by atoms with Crippen molar-refractivity contribution in [2.45, 2.75) is 34.1 Å². The van der Waals surface area contributed by atoms with Crippen molar-refractivity contribution >= 4 is 49.9 Å². The molecule has 0 aliphatic heterocycles. The smallest absolute Gasteiger partial charge is 0.187 e. The fraction of sp³-hybridized carbons (Fsp3) is 0.350. The Morgan fingerprint density at radius 3 is 2.48 bits per heavy atom. The van der Waals surface area contributed by atoms with Gasteiger partial charge < -0.3 is 4.74 Å². The summed E-state index contributed by atoms with van der Waals surface area (Å²) in [6, 6.07) is 11.5. The molecule has 2 nitrogen and oxygen atoms in total. The summed E-state index contributed by atoms with van der Waals surface area (Å²) in [6.45, 7) is 9.02. The van der Waals surface area contributed by atoms with Crippen LogP contribution in [-0.2, 0) is 0 Å². The number of hydrogen-bond donors (Lipinski definition) is 0. The minimum atomic E-state index is 0. The van der Waals surface area contributed by atoms with Crippen LogP contribution in [0.25, 0.3) is 0 Å². The third-order valence-corrected chi connectivity index (χ3v) is 5.48. The zero-order valence-corrected chi connectivity index (χ0v) is 17.4. The van der Waals surface area contributed by atoms with Crippen molar-refractivity contribution in [1.82, 2.24) is 0 Å². The minimum Gasteiger partial charge on any atom is -0.494 e. The van der Waals surface area contributed by atoms with E-state index in [9.17, 15) is 4.79 Å². The molecular formula is C20H24ClLiO2P. The Morgan fingerprint density at radius 1 is 1.16 bits per heavy atom. The van der Waals surface area contributed by atoms with Crippen molar-refractivity contribution in [2.24, 2.45) is 5.92 Å². The van der Waals surface area contributed by atoms with E-state index >= 15 is 0 Å². The Morgan fingerprint density at radius 2 is 1.88 bits per heavy atom. The quantitative estimate of drug-likeness (QED) is 0.498. The minimum absolute atomic E-state index is 0. The van der Waals surface area contributed by atoms with E-state index in [-0.39, 0.29) is 33.0 Å². The molecule has 2 rings (SSSR count). The van der Waals surface area contributed by atoms with Crippen LogP contribution in [0, 0.1) is 19.8 Å². The van der Waals surface area contributed by atoms with Gasteiger partial charge in [0.15, 0.2) is 5.52 Å². The molecule has 2 aromatic carbocycles. The summed E-state index contributed by atoms with van der Waals surface area (Å²) < 4.78 is 5.78. The first-order valence-corrected chi connectivity index (χ1v) is 9.56. The second-order valence-corrected chi connectivity index (χ2v) is 8.04. The summed E-state index contributed by atoms with van der Waals surface area (Å²) in [7, 11) is 0.0631. The van der Waals surface area contributed by atoms with Gasteiger partial charge in [-0.2, -0.15) is 0 Å². The fourth-order valence-corrected chi connectivity index (χ4v) is 3.91. The van der Waals surface area contributed by atoms with Gasteiger partial charge in [0.1, 0.15) is 5.75 Å². The normalized spacial score (nSPS) is 11.0. The van der Waals surface area contributed by atoms with Crippen molar-refractivity contribution in [3.63, 3.8) is 0 Å². The van der Waals surface area contributed by atoms with Gasteiger partial charge in [-0.05, 0) is 69.4 Å². The molecule has 0 fully saturated rings. The SMILES string of the molecule is Cc1cc(OCCC(C)C)ccc1PC(=O)c1c(C)cccc1Cl.[Li]. The maximum Gasteiger partial charge on any atom is 0.187 e. The predicted octanol–water partition coefficient (Wildman–Crippen LogP) is 5.15. The number of aryl methyl sites for hydroxylation is 2.